The second-order valence-corrected chi connectivity index (χ2v) is 2.66. The molecule has 0 aliphatic heterocycles. The monoisotopic (exact) mass is 231 g/mol. The van der Waals surface area contributed by atoms with E-state index in [1.165, 1.54) is 18.3 Å². The van der Waals surface area contributed by atoms with Crippen molar-refractivity contribution in [3.8, 4) is 0 Å². The Bertz CT molecular complexity index is 409. The van der Waals surface area contributed by atoms with Gasteiger partial charge in [0.05, 0.1) is 5.70 Å². The van der Waals surface area contributed by atoms with E-state index in [2.05, 4.69) is 15.2 Å². The fourth-order valence-corrected chi connectivity index (χ4v) is 0.838. The number of alkyl halides is 3. The molecule has 0 atom stereocenters. The summed E-state index contributed by atoms with van der Waals surface area (Å²) in [5, 5.41) is 6.78. The van der Waals surface area contributed by atoms with E-state index in [9.17, 15) is 13.2 Å². The van der Waals surface area contributed by atoms with Crippen molar-refractivity contribution in [2.75, 3.05) is 0 Å². The van der Waals surface area contributed by atoms with Crippen LogP contribution in [0.4, 0.5) is 19.0 Å². The third-order valence-corrected chi connectivity index (χ3v) is 1.51. The van der Waals surface area contributed by atoms with Gasteiger partial charge in [0.25, 0.3) is 0 Å². The number of rotatable bonds is 2. The topological polar surface area (TPSA) is 90.2 Å². The molecule has 0 spiro atoms. The molecule has 1 aromatic rings. The zero-order chi connectivity index (χ0) is 12.2. The molecule has 0 aromatic carbocycles. The summed E-state index contributed by atoms with van der Waals surface area (Å²) >= 11 is 0. The van der Waals surface area contributed by atoms with Crippen LogP contribution < -0.4 is 11.5 Å². The highest BCUT2D eigenvalue weighted by atomic mass is 19.4. The lowest BCUT2D eigenvalue weighted by molar-refractivity contribution is -0.0582. The van der Waals surface area contributed by atoms with Crippen LogP contribution in [0, 0.1) is 0 Å². The molecule has 0 unspecified atom stereocenters. The van der Waals surface area contributed by atoms with Gasteiger partial charge in [0.1, 0.15) is 0 Å². The minimum absolute atomic E-state index is 0.195. The van der Waals surface area contributed by atoms with Crippen LogP contribution in [-0.4, -0.2) is 22.1 Å². The van der Waals surface area contributed by atoms with Crippen LogP contribution in [0.3, 0.4) is 0 Å². The summed E-state index contributed by atoms with van der Waals surface area (Å²) in [6, 6.07) is 2.67. The van der Waals surface area contributed by atoms with E-state index in [1.54, 1.807) is 0 Å². The molecule has 1 aromatic heterocycles. The molecule has 0 saturated heterocycles. The van der Waals surface area contributed by atoms with E-state index in [0.29, 0.717) is 6.20 Å². The molecule has 5 nitrogen and oxygen atoms in total. The maximum atomic E-state index is 12.5. The van der Waals surface area contributed by atoms with Gasteiger partial charge in [-0.3, -0.25) is 0 Å². The highest BCUT2D eigenvalue weighted by Crippen LogP contribution is 2.22. The molecule has 8 heteroatoms. The van der Waals surface area contributed by atoms with Crippen molar-refractivity contribution in [2.45, 2.75) is 6.18 Å². The van der Waals surface area contributed by atoms with Crippen LogP contribution in [-0.2, 0) is 0 Å². The van der Waals surface area contributed by atoms with Crippen molar-refractivity contribution < 1.29 is 13.2 Å². The van der Waals surface area contributed by atoms with Crippen LogP contribution in [0.15, 0.2) is 35.2 Å². The molecule has 0 radical (unpaired) electrons. The highest BCUT2D eigenvalue weighted by molar-refractivity contribution is 6.04. The van der Waals surface area contributed by atoms with Crippen LogP contribution in [0.2, 0.25) is 0 Å². The van der Waals surface area contributed by atoms with Gasteiger partial charge in [-0.1, -0.05) is 0 Å². The largest absolute Gasteiger partial charge is 0.435 e. The molecule has 0 aliphatic rings. The van der Waals surface area contributed by atoms with E-state index in [1.807, 2.05) is 0 Å². The predicted molar refractivity (Wildman–Crippen MR) is 51.6 cm³/mol. The van der Waals surface area contributed by atoms with Crippen LogP contribution in [0.25, 0.3) is 0 Å². The summed E-state index contributed by atoms with van der Waals surface area (Å²) in [7, 11) is 0. The number of aromatic nitrogens is 2. The summed E-state index contributed by atoms with van der Waals surface area (Å²) in [5.41, 5.74) is 8.04. The first kappa shape index (κ1) is 12.0. The molecule has 0 saturated carbocycles. The van der Waals surface area contributed by atoms with E-state index in [0.717, 1.165) is 0 Å². The van der Waals surface area contributed by atoms with Crippen molar-refractivity contribution in [3.05, 3.63) is 30.2 Å². The van der Waals surface area contributed by atoms with Gasteiger partial charge in [-0.25, -0.2) is 4.99 Å². The maximum Gasteiger partial charge on any atom is 0.435 e. The Morgan fingerprint density at radius 2 is 2.12 bits per heavy atom. The number of hydrogen-bond donors (Lipinski definition) is 2. The highest BCUT2D eigenvalue weighted by Gasteiger charge is 2.37. The molecular formula is C8H8F3N5. The molecule has 0 fully saturated rings. The zero-order valence-corrected chi connectivity index (χ0v) is 7.94. The first-order chi connectivity index (χ1) is 7.45. The Balaban J connectivity index is 3.18. The third-order valence-electron chi connectivity index (χ3n) is 1.51. The van der Waals surface area contributed by atoms with Crippen LogP contribution in [0.1, 0.15) is 0 Å². The minimum atomic E-state index is -4.70. The first-order valence-electron chi connectivity index (χ1n) is 4.06. The van der Waals surface area contributed by atoms with Crippen molar-refractivity contribution in [1.29, 1.82) is 0 Å². The SMILES string of the molecule is NC=C(N)C(=Nc1cccnn1)C(F)(F)F. The molecule has 0 aliphatic carbocycles. The minimum Gasteiger partial charge on any atom is -0.403 e. The van der Waals surface area contributed by atoms with Gasteiger partial charge in [0.2, 0.25) is 0 Å². The molecule has 1 heterocycles. The second kappa shape index (κ2) is 4.60. The number of allylic oxidation sites excluding steroid dienone is 1. The molecule has 1 rings (SSSR count). The van der Waals surface area contributed by atoms with Gasteiger partial charge >= 0.3 is 6.18 Å². The molecule has 0 bridgehead atoms. The standard InChI is InChI=1S/C8H8F3N5/c9-8(10,11)7(5(13)4-12)15-6-2-1-3-14-16-6/h1-4H,12-13H2. The Hall–Kier alpha value is -2.12. The number of nitrogens with two attached hydrogens (primary N) is 2. The average molecular weight is 231 g/mol. The van der Waals surface area contributed by atoms with Gasteiger partial charge in [0.15, 0.2) is 11.5 Å². The van der Waals surface area contributed by atoms with Crippen LogP contribution in [0.5, 0.6) is 0 Å². The lowest BCUT2D eigenvalue weighted by Gasteiger charge is -2.09. The summed E-state index contributed by atoms with van der Waals surface area (Å²) in [5.74, 6) is -0.195. The number of nitrogens with zero attached hydrogens (tertiary/aromatic N) is 3. The summed E-state index contributed by atoms with van der Waals surface area (Å²) < 4.78 is 37.5. The Morgan fingerprint density at radius 1 is 1.44 bits per heavy atom. The Morgan fingerprint density at radius 3 is 2.56 bits per heavy atom. The molecule has 16 heavy (non-hydrogen) atoms. The Kier molecular flexibility index (Phi) is 3.44. The fraction of sp³-hybridized carbons (Fsp3) is 0.125. The summed E-state index contributed by atoms with van der Waals surface area (Å²) in [6.07, 6.45) is -2.76. The van der Waals surface area contributed by atoms with Crippen molar-refractivity contribution in [2.24, 2.45) is 16.5 Å². The first-order valence-corrected chi connectivity index (χ1v) is 4.06. The summed E-state index contributed by atoms with van der Waals surface area (Å²) in [4.78, 5) is 3.25. The summed E-state index contributed by atoms with van der Waals surface area (Å²) in [6.45, 7) is 0. The number of hydrogen-bond acceptors (Lipinski definition) is 5. The van der Waals surface area contributed by atoms with Gasteiger partial charge in [-0.05, 0) is 12.1 Å². The van der Waals surface area contributed by atoms with Crippen LogP contribution >= 0.6 is 0 Å². The second-order valence-electron chi connectivity index (χ2n) is 2.66. The average Bonchev–Trinajstić information content (AvgIpc) is 2.25. The quantitative estimate of drug-likeness (QED) is 0.739. The van der Waals surface area contributed by atoms with E-state index >= 15 is 0 Å². The van der Waals surface area contributed by atoms with Gasteiger partial charge in [-0.2, -0.15) is 18.3 Å². The maximum absolute atomic E-state index is 12.5. The lowest BCUT2D eigenvalue weighted by Crippen LogP contribution is -2.29. The van der Waals surface area contributed by atoms with E-state index < -0.39 is 17.6 Å². The van der Waals surface area contributed by atoms with Gasteiger partial charge < -0.3 is 11.5 Å². The lowest BCUT2D eigenvalue weighted by atomic mass is 10.3. The Labute approximate surface area is 88.7 Å². The molecule has 0 amide bonds. The van der Waals surface area contributed by atoms with E-state index in [-0.39, 0.29) is 5.82 Å². The predicted octanol–water partition coefficient (Wildman–Crippen LogP) is 0.870. The zero-order valence-electron chi connectivity index (χ0n) is 7.94. The normalized spacial score (nSPS) is 13.9. The molecule has 86 valence electrons. The number of aliphatic imine (C=N–C) groups is 1. The van der Waals surface area contributed by atoms with Gasteiger partial charge in [-0.15, -0.1) is 5.10 Å². The van der Waals surface area contributed by atoms with Crippen molar-refractivity contribution in [1.82, 2.24) is 10.2 Å². The molecule has 4 N–H and O–H groups in total. The fourth-order valence-electron chi connectivity index (χ4n) is 0.838. The third kappa shape index (κ3) is 2.94. The van der Waals surface area contributed by atoms with Gasteiger partial charge in [0, 0.05) is 12.4 Å². The van der Waals surface area contributed by atoms with E-state index in [4.69, 9.17) is 11.5 Å². The number of halogens is 3. The molecular weight excluding hydrogens is 223 g/mol. The van der Waals surface area contributed by atoms with Crippen molar-refractivity contribution >= 4 is 11.5 Å². The van der Waals surface area contributed by atoms with Crippen molar-refractivity contribution in [3.63, 3.8) is 0 Å². The smallest absolute Gasteiger partial charge is 0.403 e.